The normalized spacial score (nSPS) is 34.5. The zero-order valence-corrected chi connectivity index (χ0v) is 4.72. The van der Waals surface area contributed by atoms with Gasteiger partial charge in [-0.1, -0.05) is 11.9 Å². The van der Waals surface area contributed by atoms with Crippen LogP contribution in [-0.4, -0.2) is 11.3 Å². The van der Waals surface area contributed by atoms with Crippen molar-refractivity contribution in [2.24, 2.45) is 0 Å². The summed E-state index contributed by atoms with van der Waals surface area (Å²) in [5.41, 5.74) is 0. The Hall–Kier alpha value is 0.600. The zero-order valence-electron chi connectivity index (χ0n) is 3.15. The van der Waals surface area contributed by atoms with Gasteiger partial charge in [-0.25, -0.2) is 0 Å². The third-order valence-corrected chi connectivity index (χ3v) is 1.78. The van der Waals surface area contributed by atoms with E-state index in [1.807, 2.05) is 6.42 Å². The maximum absolute atomic E-state index is 5.56. The van der Waals surface area contributed by atoms with E-state index >= 15 is 0 Å². The highest BCUT2D eigenvalue weighted by Crippen LogP contribution is 2.19. The van der Waals surface area contributed by atoms with E-state index in [4.69, 9.17) is 11.6 Å². The number of hydrogen-bond donors (Lipinski definition) is 1. The van der Waals surface area contributed by atoms with Crippen LogP contribution in [0.3, 0.4) is 0 Å². The van der Waals surface area contributed by atoms with E-state index in [2.05, 4.69) is 4.72 Å². The van der Waals surface area contributed by atoms with Crippen LogP contribution in [0.2, 0.25) is 0 Å². The number of nitrogens with one attached hydrogen (secondary N) is 1. The van der Waals surface area contributed by atoms with Gasteiger partial charge < -0.3 is 0 Å². The Bertz CT molecular complexity index is 44.1. The summed E-state index contributed by atoms with van der Waals surface area (Å²) >= 11 is 7.11. The van der Waals surface area contributed by atoms with Crippen LogP contribution in [0.1, 0.15) is 0 Å². The maximum Gasteiger partial charge on any atom is 0.0977 e. The van der Waals surface area contributed by atoms with E-state index in [0.717, 1.165) is 6.54 Å². The Morgan fingerprint density at radius 2 is 2.83 bits per heavy atom. The molecule has 1 heterocycles. The van der Waals surface area contributed by atoms with Crippen LogP contribution in [-0.2, 0) is 0 Å². The third kappa shape index (κ3) is 1.03. The van der Waals surface area contributed by atoms with Crippen LogP contribution in [0.25, 0.3) is 0 Å². The quantitative estimate of drug-likeness (QED) is 0.380. The van der Waals surface area contributed by atoms with Gasteiger partial charge in [0.15, 0.2) is 0 Å². The molecule has 0 aromatic heterocycles. The van der Waals surface area contributed by atoms with Crippen LogP contribution in [0, 0.1) is 6.42 Å². The maximum atomic E-state index is 5.56. The molecule has 0 saturated carbocycles. The summed E-state index contributed by atoms with van der Waals surface area (Å²) in [6.45, 7) is 0.943. The average Bonchev–Trinajstić information content (AvgIpc) is 1.86. The minimum absolute atomic E-state index is 0.199. The summed E-state index contributed by atoms with van der Waals surface area (Å²) in [4.78, 5) is 0. The molecule has 1 N–H and O–H groups in total. The lowest BCUT2D eigenvalue weighted by molar-refractivity contribution is 1.09. The minimum Gasteiger partial charge on any atom is -0.262 e. The summed E-state index contributed by atoms with van der Waals surface area (Å²) in [5.74, 6) is 0. The molecule has 0 spiro atoms. The molecule has 0 aromatic carbocycles. The van der Waals surface area contributed by atoms with Crippen molar-refractivity contribution in [3.8, 4) is 0 Å². The molecule has 1 radical (unpaired) electrons. The molecule has 1 unspecified atom stereocenters. The molecule has 0 amide bonds. The van der Waals surface area contributed by atoms with E-state index in [9.17, 15) is 0 Å². The summed E-state index contributed by atoms with van der Waals surface area (Å²) < 4.78 is 3.20. The Kier molecular flexibility index (Phi) is 1.62. The molecule has 1 atom stereocenters. The Morgan fingerprint density at radius 1 is 2.00 bits per heavy atom. The predicted molar refractivity (Wildman–Crippen MR) is 29.5 cm³/mol. The summed E-state index contributed by atoms with van der Waals surface area (Å²) in [7, 11) is 0. The lowest BCUT2D eigenvalue weighted by Crippen LogP contribution is -1.92. The Labute approximate surface area is 46.6 Å². The van der Waals surface area contributed by atoms with Crippen molar-refractivity contribution in [3.05, 3.63) is 6.42 Å². The Morgan fingerprint density at radius 3 is 3.00 bits per heavy atom. The van der Waals surface area contributed by atoms with Gasteiger partial charge in [0, 0.05) is 13.0 Å². The van der Waals surface area contributed by atoms with Gasteiger partial charge in [0.2, 0.25) is 0 Å². The van der Waals surface area contributed by atoms with Crippen molar-refractivity contribution >= 4 is 23.5 Å². The van der Waals surface area contributed by atoms with Gasteiger partial charge in [0.25, 0.3) is 0 Å². The first kappa shape index (κ1) is 4.75. The first-order valence-electron chi connectivity index (χ1n) is 1.75. The van der Waals surface area contributed by atoms with Gasteiger partial charge in [0.1, 0.15) is 0 Å². The van der Waals surface area contributed by atoms with Gasteiger partial charge >= 0.3 is 0 Å². The van der Waals surface area contributed by atoms with Crippen LogP contribution in [0.15, 0.2) is 0 Å². The van der Waals surface area contributed by atoms with Crippen molar-refractivity contribution in [2.75, 3.05) is 6.54 Å². The highest BCUT2D eigenvalue weighted by Gasteiger charge is 2.10. The molecule has 3 heteroatoms. The highest BCUT2D eigenvalue weighted by molar-refractivity contribution is 7.99. The lowest BCUT2D eigenvalue weighted by Gasteiger charge is -1.86. The summed E-state index contributed by atoms with van der Waals surface area (Å²) in [6, 6.07) is 0. The molecule has 1 nitrogen and oxygen atoms in total. The topological polar surface area (TPSA) is 12.0 Å². The molecule has 0 bridgehead atoms. The second kappa shape index (κ2) is 2.05. The second-order valence-corrected chi connectivity index (χ2v) is 2.81. The molecule has 1 fully saturated rings. The fourth-order valence-corrected chi connectivity index (χ4v) is 1.14. The molecule has 0 aromatic rings. The van der Waals surface area contributed by atoms with Crippen molar-refractivity contribution in [1.29, 1.82) is 0 Å². The van der Waals surface area contributed by atoms with Gasteiger partial charge in [-0.2, -0.15) is 0 Å². The van der Waals surface area contributed by atoms with Crippen LogP contribution in [0.5, 0.6) is 0 Å². The second-order valence-electron chi connectivity index (χ2n) is 1.05. The van der Waals surface area contributed by atoms with Crippen molar-refractivity contribution < 1.29 is 0 Å². The Balaban J connectivity index is 2.18. The van der Waals surface area contributed by atoms with Gasteiger partial charge in [0.05, 0.1) is 4.71 Å². The van der Waals surface area contributed by atoms with Crippen LogP contribution in [0.4, 0.5) is 0 Å². The van der Waals surface area contributed by atoms with Crippen molar-refractivity contribution in [3.63, 3.8) is 0 Å². The average molecular weight is 123 g/mol. The molecule has 0 aliphatic carbocycles. The van der Waals surface area contributed by atoms with Crippen molar-refractivity contribution in [1.82, 2.24) is 4.72 Å². The number of rotatable bonds is 0. The largest absolute Gasteiger partial charge is 0.262 e. The molecule has 1 aliphatic rings. The monoisotopic (exact) mass is 122 g/mol. The molecule has 6 heavy (non-hydrogen) atoms. The summed E-state index contributed by atoms with van der Waals surface area (Å²) in [6.07, 6.45) is 2.02. The van der Waals surface area contributed by atoms with E-state index in [-0.39, 0.29) is 4.71 Å². The first-order valence-corrected chi connectivity index (χ1v) is 3.07. The van der Waals surface area contributed by atoms with Crippen LogP contribution < -0.4 is 4.72 Å². The van der Waals surface area contributed by atoms with Crippen molar-refractivity contribution in [2.45, 2.75) is 4.71 Å². The fraction of sp³-hybridized carbons (Fsp3) is 0.667. The number of halogens is 1. The van der Waals surface area contributed by atoms with E-state index in [1.165, 1.54) is 0 Å². The molecule has 1 saturated heterocycles. The number of hydrogen-bond acceptors (Lipinski definition) is 2. The van der Waals surface area contributed by atoms with E-state index < -0.39 is 0 Å². The minimum atomic E-state index is 0.199. The predicted octanol–water partition coefficient (Wildman–Crippen LogP) is 1.01. The van der Waals surface area contributed by atoms with Gasteiger partial charge in [-0.3, -0.25) is 4.72 Å². The number of alkyl halides is 1. The zero-order chi connectivity index (χ0) is 4.41. The molecule has 35 valence electrons. The van der Waals surface area contributed by atoms with E-state index in [1.54, 1.807) is 11.9 Å². The smallest absolute Gasteiger partial charge is 0.0977 e. The van der Waals surface area contributed by atoms with Crippen LogP contribution >= 0.6 is 23.5 Å². The lowest BCUT2D eigenvalue weighted by atomic mass is 10.5. The highest BCUT2D eigenvalue weighted by atomic mass is 35.5. The van der Waals surface area contributed by atoms with Gasteiger partial charge in [-0.05, 0) is 0 Å². The molecule has 1 rings (SSSR count). The first-order chi connectivity index (χ1) is 2.89. The van der Waals surface area contributed by atoms with E-state index in [0.29, 0.717) is 0 Å². The molecular weight excluding hydrogens is 118 g/mol. The van der Waals surface area contributed by atoms with Gasteiger partial charge in [-0.15, -0.1) is 11.6 Å². The molecule has 1 aliphatic heterocycles. The summed E-state index contributed by atoms with van der Waals surface area (Å²) in [5, 5.41) is 0. The molecular formula is C3H5ClNS. The SMILES string of the molecule is ClC1[CH]CNS1. The third-order valence-electron chi connectivity index (χ3n) is 0.582. The fourth-order valence-electron chi connectivity index (χ4n) is 0.317. The standard InChI is InChI=1S/C3H5ClNS/c4-3-1-2-5-6-3/h1,3,5H,2H2.